The van der Waals surface area contributed by atoms with E-state index in [1.807, 2.05) is 20.8 Å². The third-order valence-electron chi connectivity index (χ3n) is 4.68. The highest BCUT2D eigenvalue weighted by atomic mass is 16.6. The predicted octanol–water partition coefficient (Wildman–Crippen LogP) is 1.98. The molecule has 2 aliphatic rings. The van der Waals surface area contributed by atoms with Gasteiger partial charge in [-0.25, -0.2) is 4.79 Å². The number of carbonyl (C=O) groups is 1. The molecule has 98 valence electrons. The summed E-state index contributed by atoms with van der Waals surface area (Å²) in [5, 5.41) is 0. The summed E-state index contributed by atoms with van der Waals surface area (Å²) in [5.74, 6) is 1.14. The van der Waals surface area contributed by atoms with Gasteiger partial charge in [0.25, 0.3) is 0 Å². The monoisotopic (exact) mass is 240 g/mol. The summed E-state index contributed by atoms with van der Waals surface area (Å²) >= 11 is 0. The van der Waals surface area contributed by atoms with Gasteiger partial charge in [0.1, 0.15) is 5.60 Å². The summed E-state index contributed by atoms with van der Waals surface area (Å²) in [4.78, 5) is 13.8. The van der Waals surface area contributed by atoms with E-state index in [-0.39, 0.29) is 17.2 Å². The van der Waals surface area contributed by atoms with Crippen LogP contribution in [0.25, 0.3) is 0 Å². The molecule has 4 heteroatoms. The van der Waals surface area contributed by atoms with Crippen molar-refractivity contribution in [1.82, 2.24) is 4.90 Å². The Balaban J connectivity index is 1.93. The van der Waals surface area contributed by atoms with Crippen molar-refractivity contribution in [3.05, 3.63) is 0 Å². The van der Waals surface area contributed by atoms with Gasteiger partial charge in [-0.05, 0) is 38.5 Å². The number of rotatable bonds is 2. The van der Waals surface area contributed by atoms with Gasteiger partial charge in [0, 0.05) is 18.6 Å². The fourth-order valence-electron chi connectivity index (χ4n) is 2.77. The lowest BCUT2D eigenvalue weighted by Crippen LogP contribution is -2.50. The number of nitrogens with two attached hydrogens (primary N) is 1. The van der Waals surface area contributed by atoms with Crippen molar-refractivity contribution in [2.75, 3.05) is 13.1 Å². The summed E-state index contributed by atoms with van der Waals surface area (Å²) < 4.78 is 5.51. The van der Waals surface area contributed by atoms with Crippen molar-refractivity contribution in [3.63, 3.8) is 0 Å². The Morgan fingerprint density at radius 1 is 1.59 bits per heavy atom. The Morgan fingerprint density at radius 2 is 2.24 bits per heavy atom. The molecule has 1 saturated carbocycles. The largest absolute Gasteiger partial charge is 0.443 e. The maximum Gasteiger partial charge on any atom is 0.410 e. The summed E-state index contributed by atoms with van der Waals surface area (Å²) in [6.07, 6.45) is 1.62. The molecule has 0 aromatic carbocycles. The summed E-state index contributed by atoms with van der Waals surface area (Å²) in [6.45, 7) is 9.51. The fraction of sp³-hybridized carbons (Fsp3) is 0.923. The number of likely N-dealkylation sites (tertiary alicyclic amines) is 1. The molecule has 4 nitrogen and oxygen atoms in total. The van der Waals surface area contributed by atoms with Crippen LogP contribution < -0.4 is 5.73 Å². The molecule has 0 aromatic heterocycles. The highest BCUT2D eigenvalue weighted by molar-refractivity contribution is 5.68. The van der Waals surface area contributed by atoms with Gasteiger partial charge in [0.15, 0.2) is 0 Å². The lowest BCUT2D eigenvalue weighted by molar-refractivity contribution is 0.00656. The predicted molar refractivity (Wildman–Crippen MR) is 66.6 cm³/mol. The van der Waals surface area contributed by atoms with Crippen LogP contribution in [0, 0.1) is 11.8 Å². The first-order chi connectivity index (χ1) is 7.80. The standard InChI is InChI=1S/C13H24N2O2/c1-5-12(3,4)17-11(16)15-7-6-10-9(2)13(10,14)8-15/h9-10H,5-8,14H2,1-4H3. The second kappa shape index (κ2) is 3.87. The van der Waals surface area contributed by atoms with Gasteiger partial charge < -0.3 is 15.4 Å². The van der Waals surface area contributed by atoms with Crippen molar-refractivity contribution in [1.29, 1.82) is 0 Å². The molecule has 0 bridgehead atoms. The number of carbonyl (C=O) groups excluding carboxylic acids is 1. The van der Waals surface area contributed by atoms with Crippen molar-refractivity contribution in [2.24, 2.45) is 17.6 Å². The maximum absolute atomic E-state index is 12.0. The van der Waals surface area contributed by atoms with E-state index in [0.29, 0.717) is 18.4 Å². The first-order valence-corrected chi connectivity index (χ1v) is 6.57. The van der Waals surface area contributed by atoms with Crippen LogP contribution in [-0.2, 0) is 4.74 Å². The SMILES string of the molecule is CCC(C)(C)OC(=O)N1CCC2C(C)C2(N)C1. The van der Waals surface area contributed by atoms with Crippen LogP contribution in [0.1, 0.15) is 40.5 Å². The zero-order valence-corrected chi connectivity index (χ0v) is 11.3. The Kier molecular flexibility index (Phi) is 2.89. The highest BCUT2D eigenvalue weighted by Crippen LogP contribution is 2.53. The molecule has 3 unspecified atom stereocenters. The normalized spacial score (nSPS) is 36.4. The van der Waals surface area contributed by atoms with E-state index in [1.54, 1.807) is 4.90 Å². The number of piperidine rings is 1. The second-order valence-corrected chi connectivity index (χ2v) is 6.20. The molecule has 1 heterocycles. The molecular weight excluding hydrogens is 216 g/mol. The zero-order valence-electron chi connectivity index (χ0n) is 11.3. The number of nitrogens with zero attached hydrogens (tertiary/aromatic N) is 1. The van der Waals surface area contributed by atoms with E-state index in [0.717, 1.165) is 19.4 Å². The molecule has 1 aliphatic heterocycles. The van der Waals surface area contributed by atoms with E-state index in [2.05, 4.69) is 6.92 Å². The number of ether oxygens (including phenoxy) is 1. The number of hydrogen-bond donors (Lipinski definition) is 1. The van der Waals surface area contributed by atoms with Gasteiger partial charge in [-0.2, -0.15) is 0 Å². The van der Waals surface area contributed by atoms with E-state index in [4.69, 9.17) is 10.5 Å². The molecular formula is C13H24N2O2. The Labute approximate surface area is 103 Å². The first-order valence-electron chi connectivity index (χ1n) is 6.57. The fourth-order valence-corrected chi connectivity index (χ4v) is 2.77. The van der Waals surface area contributed by atoms with Gasteiger partial charge in [-0.15, -0.1) is 0 Å². The van der Waals surface area contributed by atoms with E-state index in [1.165, 1.54) is 0 Å². The molecule has 2 rings (SSSR count). The second-order valence-electron chi connectivity index (χ2n) is 6.20. The lowest BCUT2D eigenvalue weighted by atomic mass is 10.1. The third kappa shape index (κ3) is 2.15. The van der Waals surface area contributed by atoms with Gasteiger partial charge in [0.05, 0.1) is 0 Å². The molecule has 1 amide bonds. The first kappa shape index (κ1) is 12.7. The molecule has 1 aliphatic carbocycles. The van der Waals surface area contributed by atoms with Crippen LogP contribution in [0.15, 0.2) is 0 Å². The molecule has 1 saturated heterocycles. The van der Waals surface area contributed by atoms with Crippen molar-refractivity contribution in [2.45, 2.75) is 51.7 Å². The lowest BCUT2D eigenvalue weighted by Gasteiger charge is -2.33. The zero-order chi connectivity index (χ0) is 12.8. The Hall–Kier alpha value is -0.770. The number of amides is 1. The van der Waals surface area contributed by atoms with Gasteiger partial charge in [-0.3, -0.25) is 0 Å². The van der Waals surface area contributed by atoms with Crippen LogP contribution in [0.3, 0.4) is 0 Å². The minimum Gasteiger partial charge on any atom is -0.443 e. The smallest absolute Gasteiger partial charge is 0.410 e. The van der Waals surface area contributed by atoms with Crippen LogP contribution in [0.5, 0.6) is 0 Å². The van der Waals surface area contributed by atoms with Crippen molar-refractivity contribution in [3.8, 4) is 0 Å². The van der Waals surface area contributed by atoms with Crippen LogP contribution in [0.2, 0.25) is 0 Å². The molecule has 0 aromatic rings. The Morgan fingerprint density at radius 3 is 2.76 bits per heavy atom. The van der Waals surface area contributed by atoms with Crippen molar-refractivity contribution >= 4 is 6.09 Å². The van der Waals surface area contributed by atoms with Gasteiger partial charge >= 0.3 is 6.09 Å². The Bertz CT molecular complexity index is 329. The quantitative estimate of drug-likeness (QED) is 0.803. The van der Waals surface area contributed by atoms with Gasteiger partial charge in [0.2, 0.25) is 0 Å². The molecule has 2 fully saturated rings. The van der Waals surface area contributed by atoms with Gasteiger partial charge in [-0.1, -0.05) is 13.8 Å². The maximum atomic E-state index is 12.0. The molecule has 3 atom stereocenters. The average molecular weight is 240 g/mol. The summed E-state index contributed by atoms with van der Waals surface area (Å²) in [6, 6.07) is 0. The topological polar surface area (TPSA) is 55.6 Å². The number of fused-ring (bicyclic) bond motifs is 1. The van der Waals surface area contributed by atoms with Crippen molar-refractivity contribution < 1.29 is 9.53 Å². The van der Waals surface area contributed by atoms with Crippen LogP contribution in [-0.4, -0.2) is 35.2 Å². The average Bonchev–Trinajstić information content (AvgIpc) is 2.80. The third-order valence-corrected chi connectivity index (χ3v) is 4.68. The summed E-state index contributed by atoms with van der Waals surface area (Å²) in [7, 11) is 0. The number of hydrogen-bond acceptors (Lipinski definition) is 3. The minimum atomic E-state index is -0.384. The van der Waals surface area contributed by atoms with E-state index >= 15 is 0 Å². The molecule has 17 heavy (non-hydrogen) atoms. The molecule has 0 radical (unpaired) electrons. The minimum absolute atomic E-state index is 0.145. The van der Waals surface area contributed by atoms with E-state index < -0.39 is 0 Å². The van der Waals surface area contributed by atoms with Crippen LogP contribution >= 0.6 is 0 Å². The van der Waals surface area contributed by atoms with E-state index in [9.17, 15) is 4.79 Å². The van der Waals surface area contributed by atoms with Crippen LogP contribution in [0.4, 0.5) is 4.79 Å². The highest BCUT2D eigenvalue weighted by Gasteiger charge is 2.62. The molecule has 0 spiro atoms. The summed E-state index contributed by atoms with van der Waals surface area (Å²) in [5.41, 5.74) is 5.74. The molecule has 2 N–H and O–H groups in total.